The van der Waals surface area contributed by atoms with Crippen molar-refractivity contribution in [2.24, 2.45) is 0 Å². The van der Waals surface area contributed by atoms with Gasteiger partial charge in [-0.2, -0.15) is 5.26 Å². The molecule has 0 saturated heterocycles. The zero-order valence-electron chi connectivity index (χ0n) is 6.61. The van der Waals surface area contributed by atoms with Crippen LogP contribution in [0, 0.1) is 11.3 Å². The van der Waals surface area contributed by atoms with E-state index >= 15 is 0 Å². The van der Waals surface area contributed by atoms with Crippen LogP contribution in [0.1, 0.15) is 5.56 Å². The van der Waals surface area contributed by atoms with E-state index in [2.05, 4.69) is 9.87 Å². The van der Waals surface area contributed by atoms with Crippen LogP contribution in [0.15, 0.2) is 24.4 Å². The lowest BCUT2D eigenvalue weighted by Crippen LogP contribution is -1.81. The molecule has 0 fully saturated rings. The fraction of sp³-hybridized carbons (Fsp3) is 0. The van der Waals surface area contributed by atoms with E-state index in [1.807, 2.05) is 6.07 Å². The monoisotopic (exact) mass is 174 g/mol. The number of fused-ring (bicyclic) bond motifs is 1. The summed E-state index contributed by atoms with van der Waals surface area (Å²) < 4.78 is 0. The Hall–Kier alpha value is -1.99. The van der Waals surface area contributed by atoms with Gasteiger partial charge in [-0.1, -0.05) is 0 Å². The fourth-order valence-corrected chi connectivity index (χ4v) is 1.24. The molecular weight excluding hydrogens is 168 g/mol. The molecule has 4 heteroatoms. The summed E-state index contributed by atoms with van der Waals surface area (Å²) in [7, 11) is 0. The Morgan fingerprint density at radius 1 is 1.46 bits per heavy atom. The molecule has 0 atom stereocenters. The maximum absolute atomic E-state index is 8.63. The number of nitriles is 1. The number of nitrogens with one attached hydrogen (secondary N) is 1. The maximum Gasteiger partial charge on any atom is 0.190 e. The van der Waals surface area contributed by atoms with Crippen LogP contribution in [0.2, 0.25) is 0 Å². The van der Waals surface area contributed by atoms with Gasteiger partial charge < -0.3 is 9.87 Å². The Labute approximate surface area is 73.9 Å². The third-order valence-corrected chi connectivity index (χ3v) is 1.87. The molecule has 0 amide bonds. The number of hydrogen-bond donors (Lipinski definition) is 2. The zero-order chi connectivity index (χ0) is 9.26. The van der Waals surface area contributed by atoms with Crippen molar-refractivity contribution in [3.8, 4) is 11.8 Å². The minimum absolute atomic E-state index is 0.326. The first kappa shape index (κ1) is 7.65. The van der Waals surface area contributed by atoms with Gasteiger partial charge >= 0.3 is 0 Å². The number of benzene rings is 1. The molecule has 0 radical (unpaired) electrons. The SMILES string of the molecule is N#Cc1ccc2[nH]cc(OO)c2c1. The Balaban J connectivity index is 2.73. The van der Waals surface area contributed by atoms with E-state index in [4.69, 9.17) is 10.5 Å². The Kier molecular flexibility index (Phi) is 1.65. The highest BCUT2D eigenvalue weighted by Crippen LogP contribution is 2.25. The van der Waals surface area contributed by atoms with E-state index in [1.165, 1.54) is 6.20 Å². The highest BCUT2D eigenvalue weighted by Gasteiger charge is 2.04. The van der Waals surface area contributed by atoms with Crippen LogP contribution in [-0.4, -0.2) is 10.2 Å². The Bertz CT molecular complexity index is 482. The molecular formula is C9H6N2O2. The Morgan fingerprint density at radius 3 is 3.00 bits per heavy atom. The summed E-state index contributed by atoms with van der Waals surface area (Å²) in [6.07, 6.45) is 1.53. The third kappa shape index (κ3) is 1.11. The molecule has 1 aromatic carbocycles. The lowest BCUT2D eigenvalue weighted by molar-refractivity contribution is -0.136. The van der Waals surface area contributed by atoms with Crippen LogP contribution in [-0.2, 0) is 0 Å². The normalized spacial score (nSPS) is 9.85. The van der Waals surface area contributed by atoms with Gasteiger partial charge in [0.15, 0.2) is 5.75 Å². The maximum atomic E-state index is 8.63. The number of H-pyrrole nitrogens is 1. The van der Waals surface area contributed by atoms with Crippen LogP contribution in [0.3, 0.4) is 0 Å². The number of rotatable bonds is 1. The summed E-state index contributed by atoms with van der Waals surface area (Å²) in [6, 6.07) is 7.11. The van der Waals surface area contributed by atoms with E-state index < -0.39 is 0 Å². The van der Waals surface area contributed by atoms with E-state index in [1.54, 1.807) is 18.2 Å². The first-order chi connectivity index (χ1) is 6.35. The molecule has 1 heterocycles. The summed E-state index contributed by atoms with van der Waals surface area (Å²) in [5, 5.41) is 17.8. The predicted octanol–water partition coefficient (Wildman–Crippen LogP) is 1.89. The van der Waals surface area contributed by atoms with Crippen LogP contribution >= 0.6 is 0 Å². The summed E-state index contributed by atoms with van der Waals surface area (Å²) in [6.45, 7) is 0. The van der Waals surface area contributed by atoms with Crippen molar-refractivity contribution in [2.75, 3.05) is 0 Å². The summed E-state index contributed by atoms with van der Waals surface area (Å²) in [5.41, 5.74) is 1.36. The largest absolute Gasteiger partial charge is 0.358 e. The summed E-state index contributed by atoms with van der Waals surface area (Å²) >= 11 is 0. The van der Waals surface area contributed by atoms with Crippen LogP contribution < -0.4 is 4.89 Å². The minimum Gasteiger partial charge on any atom is -0.358 e. The second-order valence-electron chi connectivity index (χ2n) is 2.62. The van der Waals surface area contributed by atoms with E-state index in [9.17, 15) is 0 Å². The standard InChI is InChI=1S/C9H6N2O2/c10-4-6-1-2-8-7(3-6)9(13-12)5-11-8/h1-3,5,11-12H. The summed E-state index contributed by atoms with van der Waals surface area (Å²) in [4.78, 5) is 7.02. The van der Waals surface area contributed by atoms with Gasteiger partial charge in [-0.3, -0.25) is 0 Å². The smallest absolute Gasteiger partial charge is 0.190 e. The lowest BCUT2D eigenvalue weighted by atomic mass is 10.2. The van der Waals surface area contributed by atoms with Gasteiger partial charge in [0.25, 0.3) is 0 Å². The van der Waals surface area contributed by atoms with Crippen molar-refractivity contribution in [1.82, 2.24) is 4.98 Å². The quantitative estimate of drug-likeness (QED) is 0.512. The van der Waals surface area contributed by atoms with Gasteiger partial charge in [0.2, 0.25) is 0 Å². The molecule has 0 aliphatic rings. The van der Waals surface area contributed by atoms with Gasteiger partial charge in [-0.05, 0) is 18.2 Å². The van der Waals surface area contributed by atoms with Crippen LogP contribution in [0.25, 0.3) is 10.9 Å². The fourth-order valence-electron chi connectivity index (χ4n) is 1.24. The predicted molar refractivity (Wildman–Crippen MR) is 46.3 cm³/mol. The highest BCUT2D eigenvalue weighted by molar-refractivity contribution is 5.87. The zero-order valence-corrected chi connectivity index (χ0v) is 6.61. The molecule has 0 spiro atoms. The van der Waals surface area contributed by atoms with Crippen LogP contribution in [0.5, 0.6) is 5.75 Å². The van der Waals surface area contributed by atoms with Crippen molar-refractivity contribution in [2.45, 2.75) is 0 Å². The van der Waals surface area contributed by atoms with Gasteiger partial charge in [-0.15, -0.1) is 0 Å². The molecule has 13 heavy (non-hydrogen) atoms. The van der Waals surface area contributed by atoms with Gasteiger partial charge in [0.05, 0.1) is 11.6 Å². The van der Waals surface area contributed by atoms with Crippen molar-refractivity contribution >= 4 is 10.9 Å². The van der Waals surface area contributed by atoms with Gasteiger partial charge in [-0.25, -0.2) is 5.26 Å². The van der Waals surface area contributed by atoms with Crippen LogP contribution in [0.4, 0.5) is 0 Å². The average Bonchev–Trinajstić information content (AvgIpc) is 2.59. The second-order valence-corrected chi connectivity index (χ2v) is 2.62. The average molecular weight is 174 g/mol. The molecule has 0 unspecified atom stereocenters. The molecule has 0 aliphatic heterocycles. The molecule has 2 rings (SSSR count). The van der Waals surface area contributed by atoms with Gasteiger partial charge in [0.1, 0.15) is 0 Å². The van der Waals surface area contributed by atoms with Crippen molar-refractivity contribution in [3.05, 3.63) is 30.0 Å². The number of aromatic amines is 1. The molecule has 0 saturated carbocycles. The molecule has 0 aliphatic carbocycles. The topological polar surface area (TPSA) is 69.0 Å². The van der Waals surface area contributed by atoms with Crippen molar-refractivity contribution < 1.29 is 10.1 Å². The third-order valence-electron chi connectivity index (χ3n) is 1.87. The highest BCUT2D eigenvalue weighted by atomic mass is 17.1. The first-order valence-electron chi connectivity index (χ1n) is 3.68. The lowest BCUT2D eigenvalue weighted by Gasteiger charge is -1.93. The Morgan fingerprint density at radius 2 is 2.31 bits per heavy atom. The second kappa shape index (κ2) is 2.81. The van der Waals surface area contributed by atoms with E-state index in [-0.39, 0.29) is 0 Å². The molecule has 2 aromatic rings. The minimum atomic E-state index is 0.326. The number of hydrogen-bond acceptors (Lipinski definition) is 3. The van der Waals surface area contributed by atoms with Gasteiger partial charge in [0, 0.05) is 17.1 Å². The number of aromatic nitrogens is 1. The molecule has 0 bridgehead atoms. The van der Waals surface area contributed by atoms with Crippen molar-refractivity contribution in [3.63, 3.8) is 0 Å². The van der Waals surface area contributed by atoms with Crippen molar-refractivity contribution in [1.29, 1.82) is 5.26 Å². The molecule has 1 aromatic heterocycles. The summed E-state index contributed by atoms with van der Waals surface area (Å²) in [5.74, 6) is 0.326. The molecule has 64 valence electrons. The molecule has 4 nitrogen and oxygen atoms in total. The van der Waals surface area contributed by atoms with E-state index in [0.717, 1.165) is 5.52 Å². The first-order valence-corrected chi connectivity index (χ1v) is 3.68. The number of nitrogens with zero attached hydrogens (tertiary/aromatic N) is 1. The molecule has 2 N–H and O–H groups in total. The van der Waals surface area contributed by atoms with E-state index in [0.29, 0.717) is 16.7 Å².